The van der Waals surface area contributed by atoms with E-state index in [2.05, 4.69) is 0 Å². The molecule has 0 radical (unpaired) electrons. The largest absolute Gasteiger partial charge is 0.386 e. The number of nitrogens with zero attached hydrogens (tertiary/aromatic N) is 1. The Morgan fingerprint density at radius 3 is 2.81 bits per heavy atom. The van der Waals surface area contributed by atoms with Crippen LogP contribution in [-0.2, 0) is 4.74 Å². The minimum Gasteiger partial charge on any atom is -0.386 e. The van der Waals surface area contributed by atoms with Crippen molar-refractivity contribution in [1.29, 1.82) is 0 Å². The van der Waals surface area contributed by atoms with Gasteiger partial charge in [-0.3, -0.25) is 0 Å². The molecule has 0 heterocycles. The first kappa shape index (κ1) is 13.5. The molecule has 0 aromatic heterocycles. The molecular weight excluding hydrogens is 226 g/mol. The van der Waals surface area contributed by atoms with Gasteiger partial charge < -0.3 is 14.7 Å². The Hall–Kier alpha value is -0.610. The summed E-state index contributed by atoms with van der Waals surface area (Å²) in [6, 6.07) is 7.19. The Bertz CT molecular complexity index is 318. The van der Waals surface area contributed by atoms with Crippen LogP contribution in [0.2, 0.25) is 5.02 Å². The molecule has 1 aromatic carbocycles. The zero-order valence-corrected chi connectivity index (χ0v) is 10.4. The number of aliphatic hydroxyl groups excluding tert-OH is 1. The van der Waals surface area contributed by atoms with E-state index >= 15 is 0 Å². The van der Waals surface area contributed by atoms with Crippen LogP contribution in [0.3, 0.4) is 0 Å². The molecule has 0 aliphatic heterocycles. The Morgan fingerprint density at radius 2 is 2.19 bits per heavy atom. The number of benzene rings is 1. The van der Waals surface area contributed by atoms with E-state index in [-0.39, 0.29) is 0 Å². The highest BCUT2D eigenvalue weighted by molar-refractivity contribution is 6.30. The number of rotatable bonds is 6. The summed E-state index contributed by atoms with van der Waals surface area (Å²) < 4.78 is 5.37. The quantitative estimate of drug-likeness (QED) is 0.776. The normalized spacial score (nSPS) is 13.1. The first-order valence-corrected chi connectivity index (χ1v) is 5.63. The number of hydrogen-bond acceptors (Lipinski definition) is 3. The molecule has 0 bridgehead atoms. The summed E-state index contributed by atoms with van der Waals surface area (Å²) in [6.45, 7) is 1.76. The molecule has 0 saturated heterocycles. The molecule has 1 atom stereocenters. The SMILES string of the molecule is CN(C)CCOCC(O)c1cccc(Cl)c1. The first-order chi connectivity index (χ1) is 7.59. The fourth-order valence-corrected chi connectivity index (χ4v) is 1.45. The van der Waals surface area contributed by atoms with E-state index in [0.717, 1.165) is 12.1 Å². The van der Waals surface area contributed by atoms with Crippen LogP contribution in [-0.4, -0.2) is 43.9 Å². The van der Waals surface area contributed by atoms with Gasteiger partial charge in [-0.05, 0) is 31.8 Å². The van der Waals surface area contributed by atoms with Crippen LogP contribution in [0.5, 0.6) is 0 Å². The fourth-order valence-electron chi connectivity index (χ4n) is 1.25. The maximum absolute atomic E-state index is 9.81. The van der Waals surface area contributed by atoms with Gasteiger partial charge >= 0.3 is 0 Å². The maximum atomic E-state index is 9.81. The van der Waals surface area contributed by atoms with Crippen LogP contribution in [0.4, 0.5) is 0 Å². The predicted octanol–water partition coefficient (Wildman–Crippen LogP) is 1.95. The zero-order valence-electron chi connectivity index (χ0n) is 9.69. The number of hydrogen-bond donors (Lipinski definition) is 1. The van der Waals surface area contributed by atoms with E-state index in [0.29, 0.717) is 18.2 Å². The Kier molecular flexibility index (Phi) is 5.77. The molecule has 0 saturated carbocycles. The van der Waals surface area contributed by atoms with Gasteiger partial charge in [-0.1, -0.05) is 23.7 Å². The molecule has 1 aromatic rings. The summed E-state index contributed by atoms with van der Waals surface area (Å²) in [5, 5.41) is 10.4. The van der Waals surface area contributed by atoms with Gasteiger partial charge in [-0.25, -0.2) is 0 Å². The molecular formula is C12H18ClNO2. The third-order valence-corrected chi connectivity index (χ3v) is 2.43. The van der Waals surface area contributed by atoms with Crippen LogP contribution in [0.15, 0.2) is 24.3 Å². The topological polar surface area (TPSA) is 32.7 Å². The summed E-state index contributed by atoms with van der Waals surface area (Å²) >= 11 is 5.83. The maximum Gasteiger partial charge on any atom is 0.102 e. The molecule has 0 fully saturated rings. The molecule has 0 spiro atoms. The minimum absolute atomic E-state index is 0.300. The Morgan fingerprint density at radius 1 is 1.44 bits per heavy atom. The Labute approximate surface area is 102 Å². The lowest BCUT2D eigenvalue weighted by Gasteiger charge is -2.13. The summed E-state index contributed by atoms with van der Waals surface area (Å²) in [4.78, 5) is 2.03. The predicted molar refractivity (Wildman–Crippen MR) is 65.8 cm³/mol. The monoisotopic (exact) mass is 243 g/mol. The van der Waals surface area contributed by atoms with Crippen molar-refractivity contribution >= 4 is 11.6 Å². The molecule has 0 amide bonds. The van der Waals surface area contributed by atoms with E-state index in [1.807, 2.05) is 31.1 Å². The average molecular weight is 244 g/mol. The summed E-state index contributed by atoms with van der Waals surface area (Å²) in [7, 11) is 3.97. The van der Waals surface area contributed by atoms with Crippen molar-refractivity contribution in [2.75, 3.05) is 33.9 Å². The van der Waals surface area contributed by atoms with Crippen molar-refractivity contribution in [3.05, 3.63) is 34.9 Å². The third kappa shape index (κ3) is 4.94. The van der Waals surface area contributed by atoms with Crippen LogP contribution in [0.25, 0.3) is 0 Å². The van der Waals surface area contributed by atoms with Gasteiger partial charge in [0.15, 0.2) is 0 Å². The van der Waals surface area contributed by atoms with Gasteiger partial charge in [0.25, 0.3) is 0 Å². The second kappa shape index (κ2) is 6.86. The highest BCUT2D eigenvalue weighted by Crippen LogP contribution is 2.17. The Balaban J connectivity index is 2.32. The van der Waals surface area contributed by atoms with Crippen LogP contribution in [0.1, 0.15) is 11.7 Å². The molecule has 16 heavy (non-hydrogen) atoms. The number of halogens is 1. The minimum atomic E-state index is -0.610. The van der Waals surface area contributed by atoms with Gasteiger partial charge in [0.2, 0.25) is 0 Å². The lowest BCUT2D eigenvalue weighted by atomic mass is 10.1. The number of likely N-dealkylation sites (N-methyl/N-ethyl adjacent to an activating group) is 1. The molecule has 0 aliphatic rings. The lowest BCUT2D eigenvalue weighted by molar-refractivity contribution is 0.0306. The van der Waals surface area contributed by atoms with Crippen molar-refractivity contribution in [2.24, 2.45) is 0 Å². The lowest BCUT2D eigenvalue weighted by Crippen LogP contribution is -2.19. The van der Waals surface area contributed by atoms with Gasteiger partial charge in [0.05, 0.1) is 13.2 Å². The van der Waals surface area contributed by atoms with Crippen LogP contribution < -0.4 is 0 Å². The van der Waals surface area contributed by atoms with Gasteiger partial charge in [0.1, 0.15) is 6.10 Å². The average Bonchev–Trinajstić information content (AvgIpc) is 2.24. The molecule has 1 unspecified atom stereocenters. The summed E-state index contributed by atoms with van der Waals surface area (Å²) in [5.41, 5.74) is 0.789. The molecule has 0 aliphatic carbocycles. The molecule has 4 heteroatoms. The first-order valence-electron chi connectivity index (χ1n) is 5.25. The molecule has 1 N–H and O–H groups in total. The van der Waals surface area contributed by atoms with Crippen molar-refractivity contribution < 1.29 is 9.84 Å². The smallest absolute Gasteiger partial charge is 0.102 e. The van der Waals surface area contributed by atoms with E-state index in [1.54, 1.807) is 12.1 Å². The van der Waals surface area contributed by atoms with Crippen molar-refractivity contribution in [3.8, 4) is 0 Å². The van der Waals surface area contributed by atoms with Gasteiger partial charge in [-0.15, -0.1) is 0 Å². The summed E-state index contributed by atoms with van der Waals surface area (Å²) in [5.74, 6) is 0. The zero-order chi connectivity index (χ0) is 12.0. The molecule has 1 rings (SSSR count). The van der Waals surface area contributed by atoms with E-state index in [1.165, 1.54) is 0 Å². The van der Waals surface area contributed by atoms with Crippen LogP contribution in [0, 0.1) is 0 Å². The van der Waals surface area contributed by atoms with Gasteiger partial charge in [0, 0.05) is 11.6 Å². The number of aliphatic hydroxyl groups is 1. The van der Waals surface area contributed by atoms with E-state index < -0.39 is 6.10 Å². The highest BCUT2D eigenvalue weighted by atomic mass is 35.5. The second-order valence-corrected chi connectivity index (χ2v) is 4.39. The number of ether oxygens (including phenoxy) is 1. The highest BCUT2D eigenvalue weighted by Gasteiger charge is 2.07. The van der Waals surface area contributed by atoms with E-state index in [4.69, 9.17) is 16.3 Å². The van der Waals surface area contributed by atoms with Crippen molar-refractivity contribution in [1.82, 2.24) is 4.90 Å². The standard InChI is InChI=1S/C12H18ClNO2/c1-14(2)6-7-16-9-12(15)10-4-3-5-11(13)8-10/h3-5,8,12,15H,6-7,9H2,1-2H3. The second-order valence-electron chi connectivity index (χ2n) is 3.95. The van der Waals surface area contributed by atoms with Crippen molar-refractivity contribution in [3.63, 3.8) is 0 Å². The molecule has 90 valence electrons. The van der Waals surface area contributed by atoms with Gasteiger partial charge in [-0.2, -0.15) is 0 Å². The van der Waals surface area contributed by atoms with E-state index in [9.17, 15) is 5.11 Å². The third-order valence-electron chi connectivity index (χ3n) is 2.19. The summed E-state index contributed by atoms with van der Waals surface area (Å²) in [6.07, 6.45) is -0.610. The van der Waals surface area contributed by atoms with Crippen molar-refractivity contribution in [2.45, 2.75) is 6.10 Å². The fraction of sp³-hybridized carbons (Fsp3) is 0.500. The molecule has 3 nitrogen and oxygen atoms in total. The van der Waals surface area contributed by atoms with Crippen LogP contribution >= 0.6 is 11.6 Å².